The molecule has 88 valence electrons. The molecule has 0 saturated heterocycles. The van der Waals surface area contributed by atoms with E-state index in [1.54, 1.807) is 31.4 Å². The highest BCUT2D eigenvalue weighted by molar-refractivity contribution is 5.94. The van der Waals surface area contributed by atoms with Gasteiger partial charge in [0.1, 0.15) is 5.75 Å². The van der Waals surface area contributed by atoms with E-state index in [-0.39, 0.29) is 11.9 Å². The molecule has 0 fully saturated rings. The van der Waals surface area contributed by atoms with Crippen molar-refractivity contribution in [3.05, 3.63) is 29.8 Å². The van der Waals surface area contributed by atoms with Crippen LogP contribution >= 0.6 is 0 Å². The van der Waals surface area contributed by atoms with Crippen LogP contribution in [0.15, 0.2) is 24.3 Å². The molecular formula is C12H18N2O2. The second-order valence-corrected chi connectivity index (χ2v) is 3.68. The van der Waals surface area contributed by atoms with E-state index in [4.69, 9.17) is 10.5 Å². The minimum absolute atomic E-state index is 0.0868. The average molecular weight is 222 g/mol. The van der Waals surface area contributed by atoms with Crippen LogP contribution in [0, 0.1) is 0 Å². The Labute approximate surface area is 95.8 Å². The summed E-state index contributed by atoms with van der Waals surface area (Å²) in [6.07, 6.45) is 0.774. The Morgan fingerprint density at radius 3 is 2.94 bits per heavy atom. The van der Waals surface area contributed by atoms with E-state index in [9.17, 15) is 4.79 Å². The van der Waals surface area contributed by atoms with Crippen LogP contribution < -0.4 is 15.8 Å². The Hall–Kier alpha value is -1.55. The van der Waals surface area contributed by atoms with E-state index in [0.717, 1.165) is 6.42 Å². The van der Waals surface area contributed by atoms with Gasteiger partial charge in [0.05, 0.1) is 7.11 Å². The van der Waals surface area contributed by atoms with Gasteiger partial charge in [-0.15, -0.1) is 0 Å². The molecule has 0 saturated carbocycles. The van der Waals surface area contributed by atoms with Crippen LogP contribution in [0.4, 0.5) is 0 Å². The molecule has 0 aliphatic heterocycles. The summed E-state index contributed by atoms with van der Waals surface area (Å²) < 4.78 is 5.06. The standard InChI is InChI=1S/C12H18N2O2/c1-9(6-7-13)14-12(15)10-4-3-5-11(8-10)16-2/h3-5,8-9H,6-7,13H2,1-2H3,(H,14,15). The second-order valence-electron chi connectivity index (χ2n) is 3.68. The fourth-order valence-electron chi connectivity index (χ4n) is 1.39. The first-order chi connectivity index (χ1) is 7.67. The molecule has 1 amide bonds. The van der Waals surface area contributed by atoms with Crippen molar-refractivity contribution in [1.29, 1.82) is 0 Å². The smallest absolute Gasteiger partial charge is 0.251 e. The Bertz CT molecular complexity index is 353. The summed E-state index contributed by atoms with van der Waals surface area (Å²) in [6, 6.07) is 7.16. The summed E-state index contributed by atoms with van der Waals surface area (Å²) in [6.45, 7) is 2.50. The number of nitrogens with one attached hydrogen (secondary N) is 1. The van der Waals surface area contributed by atoms with E-state index in [1.165, 1.54) is 0 Å². The van der Waals surface area contributed by atoms with Crippen molar-refractivity contribution in [2.45, 2.75) is 19.4 Å². The third-order valence-corrected chi connectivity index (χ3v) is 2.31. The zero-order valence-electron chi connectivity index (χ0n) is 9.69. The minimum Gasteiger partial charge on any atom is -0.497 e. The molecule has 4 heteroatoms. The van der Waals surface area contributed by atoms with Gasteiger partial charge in [-0.3, -0.25) is 4.79 Å². The zero-order chi connectivity index (χ0) is 12.0. The molecule has 1 aromatic rings. The van der Waals surface area contributed by atoms with Crippen LogP contribution in [0.5, 0.6) is 5.75 Å². The number of methoxy groups -OCH3 is 1. The lowest BCUT2D eigenvalue weighted by molar-refractivity contribution is 0.0938. The lowest BCUT2D eigenvalue weighted by Crippen LogP contribution is -2.34. The third-order valence-electron chi connectivity index (χ3n) is 2.31. The summed E-state index contributed by atoms with van der Waals surface area (Å²) >= 11 is 0. The fourth-order valence-corrected chi connectivity index (χ4v) is 1.39. The van der Waals surface area contributed by atoms with Crippen molar-refractivity contribution in [2.75, 3.05) is 13.7 Å². The second kappa shape index (κ2) is 6.12. The molecule has 16 heavy (non-hydrogen) atoms. The van der Waals surface area contributed by atoms with Gasteiger partial charge >= 0.3 is 0 Å². The van der Waals surface area contributed by atoms with Gasteiger partial charge in [-0.2, -0.15) is 0 Å². The van der Waals surface area contributed by atoms with Gasteiger partial charge in [0.25, 0.3) is 5.91 Å². The summed E-state index contributed by atoms with van der Waals surface area (Å²) in [7, 11) is 1.58. The number of carbonyl (C=O) groups is 1. The third kappa shape index (κ3) is 3.55. The molecule has 0 radical (unpaired) electrons. The SMILES string of the molecule is COc1cccc(C(=O)NC(C)CCN)c1. The number of nitrogens with two attached hydrogens (primary N) is 1. The van der Waals surface area contributed by atoms with Crippen LogP contribution in [-0.4, -0.2) is 25.6 Å². The monoisotopic (exact) mass is 222 g/mol. The normalized spacial score (nSPS) is 11.9. The van der Waals surface area contributed by atoms with Crippen molar-refractivity contribution < 1.29 is 9.53 Å². The highest BCUT2D eigenvalue weighted by Gasteiger charge is 2.09. The number of hydrogen-bond donors (Lipinski definition) is 2. The van der Waals surface area contributed by atoms with Gasteiger partial charge < -0.3 is 15.8 Å². The predicted molar refractivity (Wildman–Crippen MR) is 63.6 cm³/mol. The Morgan fingerprint density at radius 1 is 1.56 bits per heavy atom. The highest BCUT2D eigenvalue weighted by Crippen LogP contribution is 2.12. The number of rotatable bonds is 5. The summed E-state index contributed by atoms with van der Waals surface area (Å²) in [4.78, 5) is 11.8. The van der Waals surface area contributed by atoms with Crippen LogP contribution in [-0.2, 0) is 0 Å². The molecule has 0 spiro atoms. The molecule has 1 atom stereocenters. The zero-order valence-corrected chi connectivity index (χ0v) is 9.69. The Morgan fingerprint density at radius 2 is 2.31 bits per heavy atom. The number of carbonyl (C=O) groups excluding carboxylic acids is 1. The number of benzene rings is 1. The van der Waals surface area contributed by atoms with E-state index < -0.39 is 0 Å². The van der Waals surface area contributed by atoms with Crippen LogP contribution in [0.1, 0.15) is 23.7 Å². The van der Waals surface area contributed by atoms with Crippen LogP contribution in [0.3, 0.4) is 0 Å². The van der Waals surface area contributed by atoms with Gasteiger partial charge in [-0.25, -0.2) is 0 Å². The number of ether oxygens (including phenoxy) is 1. The molecule has 4 nitrogen and oxygen atoms in total. The maximum atomic E-state index is 11.8. The fraction of sp³-hybridized carbons (Fsp3) is 0.417. The maximum Gasteiger partial charge on any atom is 0.251 e. The van der Waals surface area contributed by atoms with Gasteiger partial charge in [-0.1, -0.05) is 6.07 Å². The Balaban J connectivity index is 2.65. The van der Waals surface area contributed by atoms with Crippen molar-refractivity contribution in [1.82, 2.24) is 5.32 Å². The number of hydrogen-bond acceptors (Lipinski definition) is 3. The lowest BCUT2D eigenvalue weighted by atomic mass is 10.1. The van der Waals surface area contributed by atoms with E-state index in [2.05, 4.69) is 5.32 Å². The topological polar surface area (TPSA) is 64.3 Å². The quantitative estimate of drug-likeness (QED) is 0.785. The van der Waals surface area contributed by atoms with Gasteiger partial charge in [0, 0.05) is 11.6 Å². The Kier molecular flexibility index (Phi) is 4.79. The first-order valence-electron chi connectivity index (χ1n) is 5.32. The van der Waals surface area contributed by atoms with Crippen LogP contribution in [0.25, 0.3) is 0 Å². The van der Waals surface area contributed by atoms with Gasteiger partial charge in [0.2, 0.25) is 0 Å². The van der Waals surface area contributed by atoms with E-state index in [1.807, 2.05) is 6.92 Å². The van der Waals surface area contributed by atoms with Crippen LogP contribution in [0.2, 0.25) is 0 Å². The maximum absolute atomic E-state index is 11.8. The number of amides is 1. The van der Waals surface area contributed by atoms with Crippen molar-refractivity contribution in [2.24, 2.45) is 5.73 Å². The van der Waals surface area contributed by atoms with Crippen molar-refractivity contribution in [3.8, 4) is 5.75 Å². The minimum atomic E-state index is -0.0974. The largest absolute Gasteiger partial charge is 0.497 e. The molecule has 1 aromatic carbocycles. The summed E-state index contributed by atoms with van der Waals surface area (Å²) in [5.74, 6) is 0.582. The molecule has 1 unspecified atom stereocenters. The first-order valence-corrected chi connectivity index (χ1v) is 5.32. The predicted octanol–water partition coefficient (Wildman–Crippen LogP) is 1.16. The molecule has 0 heterocycles. The molecular weight excluding hydrogens is 204 g/mol. The highest BCUT2D eigenvalue weighted by atomic mass is 16.5. The molecule has 0 bridgehead atoms. The molecule has 3 N–H and O–H groups in total. The first kappa shape index (κ1) is 12.5. The lowest BCUT2D eigenvalue weighted by Gasteiger charge is -2.12. The molecule has 0 aromatic heterocycles. The van der Waals surface area contributed by atoms with E-state index in [0.29, 0.717) is 17.9 Å². The molecule has 0 aliphatic rings. The van der Waals surface area contributed by atoms with Gasteiger partial charge in [0.15, 0.2) is 0 Å². The average Bonchev–Trinajstić information content (AvgIpc) is 2.29. The van der Waals surface area contributed by atoms with Crippen molar-refractivity contribution in [3.63, 3.8) is 0 Å². The van der Waals surface area contributed by atoms with Gasteiger partial charge in [-0.05, 0) is 38.1 Å². The summed E-state index contributed by atoms with van der Waals surface area (Å²) in [5, 5.41) is 2.87. The summed E-state index contributed by atoms with van der Waals surface area (Å²) in [5.41, 5.74) is 6.02. The molecule has 1 rings (SSSR count). The molecule has 0 aliphatic carbocycles. The van der Waals surface area contributed by atoms with Crippen molar-refractivity contribution >= 4 is 5.91 Å². The van der Waals surface area contributed by atoms with E-state index >= 15 is 0 Å².